The number of unbranched alkanes of at least 4 members (excludes halogenated alkanes) is 1. The van der Waals surface area contributed by atoms with Crippen LogP contribution in [0.2, 0.25) is 0 Å². The van der Waals surface area contributed by atoms with Gasteiger partial charge in [-0.05, 0) is 79.1 Å². The fraction of sp³-hybridized carbons (Fsp3) is 0.375. The van der Waals surface area contributed by atoms with Crippen LogP contribution in [0.4, 0.5) is 0 Å². The number of nitrogens with one attached hydrogen (secondary N) is 1. The van der Waals surface area contributed by atoms with Crippen LogP contribution in [0.25, 0.3) is 11.0 Å². The molecule has 0 bridgehead atoms. The molecule has 200 valence electrons. The van der Waals surface area contributed by atoms with Gasteiger partial charge in [-0.1, -0.05) is 57.2 Å². The van der Waals surface area contributed by atoms with Crippen molar-refractivity contribution in [3.05, 3.63) is 89.2 Å². The molecule has 1 heterocycles. The maximum atomic E-state index is 12.5. The van der Waals surface area contributed by atoms with E-state index in [2.05, 4.69) is 61.0 Å². The molecule has 6 heteroatoms. The molecule has 1 aromatic heterocycles. The van der Waals surface area contributed by atoms with Gasteiger partial charge in [0.15, 0.2) is 6.61 Å². The summed E-state index contributed by atoms with van der Waals surface area (Å²) in [6.45, 7) is 12.4. The monoisotopic (exact) mass is 513 g/mol. The zero-order chi connectivity index (χ0) is 27.1. The highest BCUT2D eigenvalue weighted by Gasteiger charge is 2.14. The Labute approximate surface area is 226 Å². The molecular formula is C32H39N3O3. The van der Waals surface area contributed by atoms with Crippen molar-refractivity contribution in [3.63, 3.8) is 0 Å². The second kappa shape index (κ2) is 12.2. The van der Waals surface area contributed by atoms with E-state index in [9.17, 15) is 4.79 Å². The summed E-state index contributed by atoms with van der Waals surface area (Å²) < 4.78 is 13.9. The lowest BCUT2D eigenvalue weighted by Crippen LogP contribution is -2.29. The summed E-state index contributed by atoms with van der Waals surface area (Å²) >= 11 is 0. The fourth-order valence-electron chi connectivity index (χ4n) is 4.36. The van der Waals surface area contributed by atoms with Gasteiger partial charge in [-0.15, -0.1) is 0 Å². The summed E-state index contributed by atoms with van der Waals surface area (Å²) in [6, 6.07) is 22.4. The molecule has 0 aliphatic heterocycles. The van der Waals surface area contributed by atoms with Crippen LogP contribution in [0.5, 0.6) is 11.5 Å². The largest absolute Gasteiger partial charge is 0.494 e. The van der Waals surface area contributed by atoms with Crippen molar-refractivity contribution >= 4 is 16.9 Å². The number of hydrogen-bond acceptors (Lipinski definition) is 4. The first-order chi connectivity index (χ1) is 18.2. The van der Waals surface area contributed by atoms with Gasteiger partial charge in [-0.2, -0.15) is 0 Å². The highest BCUT2D eigenvalue weighted by Crippen LogP contribution is 2.24. The molecule has 38 heavy (non-hydrogen) atoms. The molecule has 3 aromatic carbocycles. The fourth-order valence-corrected chi connectivity index (χ4v) is 4.36. The standard InChI is InChI=1S/C32H39N3O3/c1-23-12-13-24(2)29(20-23)38-22-31(36)33-21-30-34-27-10-6-7-11-28(27)35(30)18-8-9-19-37-26-16-14-25(15-17-26)32(3,4)5/h6-7,10-17,20H,8-9,18-19,21-22H2,1-5H3,(H,33,36). The third-order valence-electron chi connectivity index (χ3n) is 6.64. The topological polar surface area (TPSA) is 65.4 Å². The van der Waals surface area contributed by atoms with Crippen molar-refractivity contribution in [3.8, 4) is 11.5 Å². The quantitative estimate of drug-likeness (QED) is 0.232. The van der Waals surface area contributed by atoms with E-state index in [1.807, 2.05) is 50.2 Å². The second-order valence-electron chi connectivity index (χ2n) is 10.8. The molecule has 0 saturated heterocycles. The number of fused-ring (bicyclic) bond motifs is 1. The maximum Gasteiger partial charge on any atom is 0.258 e. The van der Waals surface area contributed by atoms with Crippen LogP contribution in [-0.2, 0) is 23.3 Å². The van der Waals surface area contributed by atoms with Crippen LogP contribution in [0, 0.1) is 13.8 Å². The SMILES string of the molecule is Cc1ccc(C)c(OCC(=O)NCc2nc3ccccc3n2CCCCOc2ccc(C(C)(C)C)cc2)c1. The van der Waals surface area contributed by atoms with Crippen LogP contribution in [-0.4, -0.2) is 28.7 Å². The van der Waals surface area contributed by atoms with Crippen molar-refractivity contribution in [2.24, 2.45) is 0 Å². The van der Waals surface area contributed by atoms with Gasteiger partial charge in [0, 0.05) is 6.54 Å². The lowest BCUT2D eigenvalue weighted by Gasteiger charge is -2.19. The van der Waals surface area contributed by atoms with Crippen LogP contribution in [0.3, 0.4) is 0 Å². The Balaban J connectivity index is 1.29. The van der Waals surface area contributed by atoms with Gasteiger partial charge >= 0.3 is 0 Å². The van der Waals surface area contributed by atoms with Gasteiger partial charge in [0.1, 0.15) is 17.3 Å². The number of nitrogens with zero attached hydrogens (tertiary/aromatic N) is 2. The number of carbonyl (C=O) groups excluding carboxylic acids is 1. The molecule has 0 aliphatic rings. The number of para-hydroxylation sites is 2. The van der Waals surface area contributed by atoms with Crippen LogP contribution in [0.15, 0.2) is 66.7 Å². The molecule has 0 unspecified atom stereocenters. The zero-order valence-corrected chi connectivity index (χ0v) is 23.2. The van der Waals surface area contributed by atoms with Gasteiger partial charge in [0.05, 0.1) is 24.2 Å². The Bertz CT molecular complexity index is 1370. The molecule has 1 amide bonds. The second-order valence-corrected chi connectivity index (χ2v) is 10.8. The molecular weight excluding hydrogens is 474 g/mol. The van der Waals surface area contributed by atoms with Crippen molar-refractivity contribution in [2.45, 2.75) is 66.0 Å². The van der Waals surface area contributed by atoms with Gasteiger partial charge in [0.2, 0.25) is 0 Å². The molecule has 0 fully saturated rings. The van der Waals surface area contributed by atoms with E-state index in [4.69, 9.17) is 14.5 Å². The summed E-state index contributed by atoms with van der Waals surface area (Å²) in [6.07, 6.45) is 1.86. The number of aryl methyl sites for hydroxylation is 3. The number of hydrogen-bond donors (Lipinski definition) is 1. The predicted molar refractivity (Wildman–Crippen MR) is 153 cm³/mol. The van der Waals surface area contributed by atoms with Crippen LogP contribution in [0.1, 0.15) is 56.1 Å². The minimum absolute atomic E-state index is 0.0292. The van der Waals surface area contributed by atoms with E-state index < -0.39 is 0 Å². The number of amides is 1. The lowest BCUT2D eigenvalue weighted by atomic mass is 9.87. The minimum atomic E-state index is -0.171. The Morgan fingerprint density at radius 2 is 1.71 bits per heavy atom. The van der Waals surface area contributed by atoms with Crippen molar-refractivity contribution in [1.82, 2.24) is 14.9 Å². The maximum absolute atomic E-state index is 12.5. The van der Waals surface area contributed by atoms with Gasteiger partial charge in [-0.25, -0.2) is 4.98 Å². The molecule has 0 radical (unpaired) electrons. The van der Waals surface area contributed by atoms with Crippen molar-refractivity contribution < 1.29 is 14.3 Å². The molecule has 0 atom stereocenters. The molecule has 0 aliphatic carbocycles. The number of imidazole rings is 1. The Hall–Kier alpha value is -3.80. The molecule has 4 rings (SSSR count). The first-order valence-electron chi connectivity index (χ1n) is 13.3. The van der Waals surface area contributed by atoms with Gasteiger partial charge in [0.25, 0.3) is 5.91 Å². The van der Waals surface area contributed by atoms with Crippen LogP contribution >= 0.6 is 0 Å². The molecule has 1 N–H and O–H groups in total. The Kier molecular flexibility index (Phi) is 8.72. The summed E-state index contributed by atoms with van der Waals surface area (Å²) in [4.78, 5) is 17.3. The van der Waals surface area contributed by atoms with Crippen LogP contribution < -0.4 is 14.8 Å². The number of carbonyl (C=O) groups is 1. The number of aromatic nitrogens is 2. The van der Waals surface area contributed by atoms with E-state index in [0.717, 1.165) is 58.9 Å². The molecule has 6 nitrogen and oxygen atoms in total. The molecule has 0 saturated carbocycles. The third kappa shape index (κ3) is 7.15. The third-order valence-corrected chi connectivity index (χ3v) is 6.64. The van der Waals surface area contributed by atoms with Gasteiger partial charge < -0.3 is 19.4 Å². The Morgan fingerprint density at radius 1 is 0.947 bits per heavy atom. The summed E-state index contributed by atoms with van der Waals surface area (Å²) in [5.74, 6) is 2.30. The summed E-state index contributed by atoms with van der Waals surface area (Å²) in [7, 11) is 0. The molecule has 0 spiro atoms. The average Bonchev–Trinajstić information content (AvgIpc) is 3.25. The molecule has 4 aromatic rings. The lowest BCUT2D eigenvalue weighted by molar-refractivity contribution is -0.123. The first-order valence-corrected chi connectivity index (χ1v) is 13.3. The minimum Gasteiger partial charge on any atom is -0.494 e. The smallest absolute Gasteiger partial charge is 0.258 e. The number of ether oxygens (including phenoxy) is 2. The first kappa shape index (κ1) is 27.2. The van der Waals surface area contributed by atoms with E-state index in [1.165, 1.54) is 5.56 Å². The highest BCUT2D eigenvalue weighted by molar-refractivity contribution is 5.78. The van der Waals surface area contributed by atoms with Crippen molar-refractivity contribution in [1.29, 1.82) is 0 Å². The van der Waals surface area contributed by atoms with E-state index in [1.54, 1.807) is 0 Å². The number of rotatable bonds is 11. The van der Waals surface area contributed by atoms with E-state index in [0.29, 0.717) is 13.2 Å². The summed E-state index contributed by atoms with van der Waals surface area (Å²) in [5.41, 5.74) is 5.55. The normalized spacial score (nSPS) is 11.5. The van der Waals surface area contributed by atoms with E-state index >= 15 is 0 Å². The number of benzene rings is 3. The predicted octanol–water partition coefficient (Wildman–Crippen LogP) is 6.51. The highest BCUT2D eigenvalue weighted by atomic mass is 16.5. The Morgan fingerprint density at radius 3 is 2.47 bits per heavy atom. The average molecular weight is 514 g/mol. The van der Waals surface area contributed by atoms with Gasteiger partial charge in [-0.3, -0.25) is 4.79 Å². The summed E-state index contributed by atoms with van der Waals surface area (Å²) in [5, 5.41) is 2.97. The van der Waals surface area contributed by atoms with Crippen molar-refractivity contribution in [2.75, 3.05) is 13.2 Å². The zero-order valence-electron chi connectivity index (χ0n) is 23.2. The van der Waals surface area contributed by atoms with E-state index in [-0.39, 0.29) is 17.9 Å².